The summed E-state index contributed by atoms with van der Waals surface area (Å²) in [4.78, 5) is 10.4. The number of hydrogen-bond acceptors (Lipinski definition) is 4. The highest BCUT2D eigenvalue weighted by Crippen LogP contribution is 2.72. The Bertz CT molecular complexity index is 191. The highest BCUT2D eigenvalue weighted by atomic mass is 32.3. The molecule has 0 bridgehead atoms. The number of esters is 1. The van der Waals surface area contributed by atoms with Gasteiger partial charge in [0.05, 0.1) is 7.11 Å². The van der Waals surface area contributed by atoms with Crippen molar-refractivity contribution in [1.82, 2.24) is 0 Å². The Balaban J connectivity index is 2.73. The van der Waals surface area contributed by atoms with E-state index < -0.39 is 21.8 Å². The molecule has 1 heterocycles. The fourth-order valence-corrected chi connectivity index (χ4v) is 1.29. The fourth-order valence-electron chi connectivity index (χ4n) is 0.397. The van der Waals surface area contributed by atoms with Crippen molar-refractivity contribution >= 4 is 16.6 Å². The molecule has 1 aliphatic heterocycles. The highest BCUT2D eigenvalue weighted by Gasteiger charge is 2.63. The third kappa shape index (κ3) is 1.19. The molecule has 4 nitrogen and oxygen atoms in total. The van der Waals surface area contributed by atoms with Gasteiger partial charge in [-0.05, 0) is 0 Å². The molecule has 0 N–H and O–H groups in total. The predicted molar refractivity (Wildman–Crippen MR) is 32.6 cm³/mol. The summed E-state index contributed by atoms with van der Waals surface area (Å²) in [6.45, 7) is 0. The molecule has 1 fully saturated rings. The van der Waals surface area contributed by atoms with Gasteiger partial charge in [0.1, 0.15) is 0 Å². The van der Waals surface area contributed by atoms with E-state index in [1.807, 2.05) is 0 Å². The van der Waals surface area contributed by atoms with Crippen LogP contribution in [0.15, 0.2) is 0 Å². The Kier molecular flexibility index (Phi) is 1.81. The van der Waals surface area contributed by atoms with Crippen molar-refractivity contribution < 1.29 is 27.0 Å². The number of alkyl halides is 2. The summed E-state index contributed by atoms with van der Waals surface area (Å²) in [6, 6.07) is 0. The zero-order valence-electron chi connectivity index (χ0n) is 5.80. The molecule has 1 saturated heterocycles. The van der Waals surface area contributed by atoms with Crippen LogP contribution in [0.3, 0.4) is 0 Å². The lowest BCUT2D eigenvalue weighted by atomic mass is 10.7. The minimum Gasteiger partial charge on any atom is -0.463 e. The van der Waals surface area contributed by atoms with Crippen LogP contribution in [0, 0.1) is 0 Å². The van der Waals surface area contributed by atoms with E-state index in [4.69, 9.17) is 0 Å². The maximum absolute atomic E-state index is 12.7. The van der Waals surface area contributed by atoms with Gasteiger partial charge in [0, 0.05) is 6.26 Å². The molecular formula is C4H6F2O4S. The van der Waals surface area contributed by atoms with E-state index >= 15 is 0 Å². The molecule has 7 heteroatoms. The molecule has 0 aromatic carbocycles. The smallest absolute Gasteiger partial charge is 0.439 e. The van der Waals surface area contributed by atoms with Crippen LogP contribution in [0.4, 0.5) is 8.78 Å². The van der Waals surface area contributed by atoms with Crippen LogP contribution >= 0.6 is 10.6 Å². The normalized spacial score (nSPS) is 24.0. The average Bonchev–Trinajstić information content (AvgIpc) is 2.67. The van der Waals surface area contributed by atoms with E-state index in [1.165, 1.54) is 0 Å². The van der Waals surface area contributed by atoms with E-state index in [1.54, 1.807) is 0 Å². The molecule has 0 amide bonds. The summed E-state index contributed by atoms with van der Waals surface area (Å²) in [5.41, 5.74) is 0. The summed E-state index contributed by atoms with van der Waals surface area (Å²) in [5.74, 6) is -1.63. The number of ether oxygens (including phenoxy) is 1. The van der Waals surface area contributed by atoms with Crippen molar-refractivity contribution in [2.24, 2.45) is 0 Å². The molecule has 0 aromatic rings. The van der Waals surface area contributed by atoms with Crippen molar-refractivity contribution in [3.63, 3.8) is 0 Å². The standard InChI is InChI=1S/C4H6F2O4S/c1-8-3(7)4(5,6)11(2)9-10-11/h1-2H3. The molecule has 0 atom stereocenters. The van der Waals surface area contributed by atoms with Crippen LogP contribution in [0.25, 0.3) is 0 Å². The zero-order chi connectivity index (χ0) is 8.70. The van der Waals surface area contributed by atoms with Crippen molar-refractivity contribution in [2.45, 2.75) is 5.25 Å². The van der Waals surface area contributed by atoms with E-state index in [-0.39, 0.29) is 0 Å². The highest BCUT2D eigenvalue weighted by molar-refractivity contribution is 8.30. The molecule has 0 saturated carbocycles. The van der Waals surface area contributed by atoms with E-state index in [0.29, 0.717) is 0 Å². The first-order chi connectivity index (χ1) is 4.94. The molecule has 0 spiro atoms. The van der Waals surface area contributed by atoms with Crippen LogP contribution in [-0.4, -0.2) is 24.6 Å². The van der Waals surface area contributed by atoms with Gasteiger partial charge in [-0.3, -0.25) is 0 Å². The Labute approximate surface area is 63.1 Å². The number of halogens is 2. The summed E-state index contributed by atoms with van der Waals surface area (Å²) in [7, 11) is -2.10. The van der Waals surface area contributed by atoms with Crippen LogP contribution in [0.2, 0.25) is 0 Å². The van der Waals surface area contributed by atoms with E-state index in [2.05, 4.69) is 13.4 Å². The predicted octanol–water partition coefficient (Wildman–Crippen LogP) is 0.978. The Morgan fingerprint density at radius 2 is 2.00 bits per heavy atom. The van der Waals surface area contributed by atoms with Crippen LogP contribution in [0.1, 0.15) is 0 Å². The van der Waals surface area contributed by atoms with Gasteiger partial charge >= 0.3 is 11.2 Å². The first-order valence-electron chi connectivity index (χ1n) is 2.56. The molecule has 11 heavy (non-hydrogen) atoms. The maximum atomic E-state index is 12.7. The van der Waals surface area contributed by atoms with Gasteiger partial charge in [0.15, 0.2) is 0 Å². The number of hydrogen-bond donors (Lipinski definition) is 0. The lowest BCUT2D eigenvalue weighted by Crippen LogP contribution is -2.30. The molecule has 0 aromatic heterocycles. The van der Waals surface area contributed by atoms with Crippen molar-refractivity contribution in [2.75, 3.05) is 13.4 Å². The van der Waals surface area contributed by atoms with Gasteiger partial charge in [0.2, 0.25) is 0 Å². The topological polar surface area (TPSA) is 51.4 Å². The van der Waals surface area contributed by atoms with Gasteiger partial charge in [-0.2, -0.15) is 8.78 Å². The Hall–Kier alpha value is -0.400. The minimum absolute atomic E-state index is 0.876. The molecule has 0 unspecified atom stereocenters. The lowest BCUT2D eigenvalue weighted by Gasteiger charge is -2.18. The SMILES string of the molecule is COC(=O)C(F)(F)S1(C)OO1. The number of methoxy groups -OCH3 is 1. The molecular weight excluding hydrogens is 182 g/mol. The van der Waals surface area contributed by atoms with Crippen LogP contribution < -0.4 is 0 Å². The third-order valence-corrected chi connectivity index (χ3v) is 2.80. The molecule has 66 valence electrons. The van der Waals surface area contributed by atoms with Gasteiger partial charge < -0.3 is 4.74 Å². The maximum Gasteiger partial charge on any atom is 0.439 e. The van der Waals surface area contributed by atoms with Gasteiger partial charge in [-0.1, -0.05) is 19.3 Å². The molecule has 1 rings (SSSR count). The first-order valence-corrected chi connectivity index (χ1v) is 4.45. The van der Waals surface area contributed by atoms with Crippen LogP contribution in [-0.2, 0) is 18.2 Å². The summed E-state index contributed by atoms with van der Waals surface area (Å²) < 4.78 is 37.3. The van der Waals surface area contributed by atoms with Crippen molar-refractivity contribution in [3.8, 4) is 0 Å². The van der Waals surface area contributed by atoms with Gasteiger partial charge in [-0.15, -0.1) is 0 Å². The number of carbonyl (C=O) groups is 1. The summed E-state index contributed by atoms with van der Waals surface area (Å²) >= 11 is 0. The summed E-state index contributed by atoms with van der Waals surface area (Å²) in [5, 5.41) is -3.66. The van der Waals surface area contributed by atoms with Gasteiger partial charge in [0.25, 0.3) is 0 Å². The monoisotopic (exact) mass is 188 g/mol. The van der Waals surface area contributed by atoms with Crippen LogP contribution in [0.5, 0.6) is 0 Å². The average molecular weight is 188 g/mol. The second-order valence-electron chi connectivity index (χ2n) is 1.92. The van der Waals surface area contributed by atoms with E-state index in [0.717, 1.165) is 13.4 Å². The number of carbonyl (C=O) groups excluding carboxylic acids is 1. The fraction of sp³-hybridized carbons (Fsp3) is 0.750. The largest absolute Gasteiger partial charge is 0.463 e. The molecule has 1 aliphatic rings. The van der Waals surface area contributed by atoms with E-state index in [9.17, 15) is 13.6 Å². The lowest BCUT2D eigenvalue weighted by molar-refractivity contribution is -0.157. The quantitative estimate of drug-likeness (QED) is 0.368. The minimum atomic E-state index is -3.66. The van der Waals surface area contributed by atoms with Gasteiger partial charge in [-0.25, -0.2) is 4.79 Å². The second kappa shape index (κ2) is 2.29. The zero-order valence-corrected chi connectivity index (χ0v) is 6.61. The Morgan fingerprint density at radius 1 is 1.55 bits per heavy atom. The van der Waals surface area contributed by atoms with Crippen molar-refractivity contribution in [1.29, 1.82) is 0 Å². The molecule has 0 aliphatic carbocycles. The summed E-state index contributed by atoms with van der Waals surface area (Å²) in [6.07, 6.45) is 1.03. The number of rotatable bonds is 2. The third-order valence-electron chi connectivity index (χ3n) is 1.16. The molecule has 0 radical (unpaired) electrons. The second-order valence-corrected chi connectivity index (χ2v) is 4.25. The Morgan fingerprint density at radius 3 is 2.27 bits per heavy atom. The van der Waals surface area contributed by atoms with Crippen molar-refractivity contribution in [3.05, 3.63) is 0 Å². The first kappa shape index (κ1) is 8.69.